The summed E-state index contributed by atoms with van der Waals surface area (Å²) < 4.78 is 0. The quantitative estimate of drug-likeness (QED) is 0.767. The minimum Gasteiger partial charge on any atom is -0.342 e. The molecule has 4 nitrogen and oxygen atoms in total. The van der Waals surface area contributed by atoms with Crippen LogP contribution < -0.4 is 0 Å². The molecule has 2 unspecified atom stereocenters. The molecule has 2 amide bonds. The third kappa shape index (κ3) is 1.92. The highest BCUT2D eigenvalue weighted by molar-refractivity contribution is 7.08. The van der Waals surface area contributed by atoms with Crippen molar-refractivity contribution < 1.29 is 9.59 Å². The van der Waals surface area contributed by atoms with E-state index in [1.807, 2.05) is 26.6 Å². The van der Waals surface area contributed by atoms with Gasteiger partial charge in [-0.15, -0.1) is 0 Å². The molecule has 0 radical (unpaired) electrons. The van der Waals surface area contributed by atoms with Crippen molar-refractivity contribution in [3.05, 3.63) is 22.4 Å². The van der Waals surface area contributed by atoms with Crippen molar-refractivity contribution in [2.45, 2.75) is 6.92 Å². The van der Waals surface area contributed by atoms with Gasteiger partial charge in [-0.2, -0.15) is 11.3 Å². The van der Waals surface area contributed by atoms with Crippen LogP contribution in [0.1, 0.15) is 17.3 Å². The molecule has 0 saturated carbocycles. The van der Waals surface area contributed by atoms with E-state index in [1.54, 1.807) is 18.3 Å². The first-order valence-electron chi connectivity index (χ1n) is 6.22. The summed E-state index contributed by atoms with van der Waals surface area (Å²) >= 11 is 1.55. The molecule has 1 aromatic rings. The van der Waals surface area contributed by atoms with Gasteiger partial charge in [-0.05, 0) is 11.4 Å². The minimum absolute atomic E-state index is 0.139. The van der Waals surface area contributed by atoms with Gasteiger partial charge in [0.2, 0.25) is 5.91 Å². The van der Waals surface area contributed by atoms with Crippen LogP contribution in [0.2, 0.25) is 0 Å². The van der Waals surface area contributed by atoms with Crippen LogP contribution >= 0.6 is 11.3 Å². The van der Waals surface area contributed by atoms with Crippen LogP contribution in [0, 0.1) is 11.8 Å². The molecular weight excluding hydrogens is 248 g/mol. The molecule has 1 aromatic heterocycles. The molecule has 3 rings (SSSR count). The van der Waals surface area contributed by atoms with Crippen LogP contribution in [-0.4, -0.2) is 47.8 Å². The van der Waals surface area contributed by atoms with Gasteiger partial charge in [0.15, 0.2) is 0 Å². The Morgan fingerprint density at radius 1 is 1.17 bits per heavy atom. The first-order chi connectivity index (χ1) is 8.65. The molecule has 3 heterocycles. The van der Waals surface area contributed by atoms with Crippen molar-refractivity contribution in [2.75, 3.05) is 26.2 Å². The highest BCUT2D eigenvalue weighted by Crippen LogP contribution is 2.31. The van der Waals surface area contributed by atoms with Gasteiger partial charge in [0, 0.05) is 50.3 Å². The molecule has 2 fully saturated rings. The highest BCUT2D eigenvalue weighted by Gasteiger charge is 2.42. The summed E-state index contributed by atoms with van der Waals surface area (Å²) in [4.78, 5) is 27.4. The van der Waals surface area contributed by atoms with Crippen LogP contribution in [0.15, 0.2) is 16.8 Å². The van der Waals surface area contributed by atoms with Gasteiger partial charge in [-0.1, -0.05) is 0 Å². The van der Waals surface area contributed by atoms with E-state index in [4.69, 9.17) is 0 Å². The fourth-order valence-corrected chi connectivity index (χ4v) is 3.61. The molecule has 18 heavy (non-hydrogen) atoms. The van der Waals surface area contributed by atoms with E-state index in [9.17, 15) is 9.59 Å². The zero-order valence-electron chi connectivity index (χ0n) is 10.3. The fourth-order valence-electron chi connectivity index (χ4n) is 2.98. The molecule has 0 spiro atoms. The standard InChI is InChI=1S/C13H16N2O2S/c1-9(16)14-4-11-6-15(7-12(11)5-14)13(17)10-2-3-18-8-10/h2-3,8,11-12H,4-7H2,1H3. The number of thiophene rings is 1. The van der Waals surface area contributed by atoms with Gasteiger partial charge < -0.3 is 9.80 Å². The predicted octanol–water partition coefficient (Wildman–Crippen LogP) is 1.30. The van der Waals surface area contributed by atoms with Gasteiger partial charge in [0.05, 0.1) is 5.56 Å². The van der Waals surface area contributed by atoms with Gasteiger partial charge in [0.1, 0.15) is 0 Å². The average molecular weight is 264 g/mol. The van der Waals surface area contributed by atoms with Crippen LogP contribution in [0.4, 0.5) is 0 Å². The summed E-state index contributed by atoms with van der Waals surface area (Å²) in [6.45, 7) is 4.84. The van der Waals surface area contributed by atoms with Crippen LogP contribution in [0.25, 0.3) is 0 Å². The second-order valence-corrected chi connectivity index (χ2v) is 5.95. The molecule has 2 saturated heterocycles. The van der Waals surface area contributed by atoms with E-state index in [2.05, 4.69) is 0 Å². The van der Waals surface area contributed by atoms with Gasteiger partial charge >= 0.3 is 0 Å². The summed E-state index contributed by atoms with van der Waals surface area (Å²) in [5.74, 6) is 1.23. The van der Waals surface area contributed by atoms with Gasteiger partial charge in [-0.3, -0.25) is 9.59 Å². The lowest BCUT2D eigenvalue weighted by molar-refractivity contribution is -0.128. The summed E-state index contributed by atoms with van der Waals surface area (Å²) in [5.41, 5.74) is 0.795. The van der Waals surface area contributed by atoms with Crippen molar-refractivity contribution in [3.63, 3.8) is 0 Å². The number of fused-ring (bicyclic) bond motifs is 1. The zero-order chi connectivity index (χ0) is 12.7. The number of hydrogen-bond donors (Lipinski definition) is 0. The molecule has 2 aliphatic rings. The maximum atomic E-state index is 12.2. The number of rotatable bonds is 1. The number of amides is 2. The van der Waals surface area contributed by atoms with Crippen molar-refractivity contribution in [3.8, 4) is 0 Å². The third-order valence-corrected chi connectivity index (χ3v) is 4.67. The van der Waals surface area contributed by atoms with Crippen LogP contribution in [0.3, 0.4) is 0 Å². The topological polar surface area (TPSA) is 40.6 Å². The van der Waals surface area contributed by atoms with Gasteiger partial charge in [-0.25, -0.2) is 0 Å². The normalized spacial score (nSPS) is 26.5. The zero-order valence-corrected chi connectivity index (χ0v) is 11.2. The minimum atomic E-state index is 0.139. The smallest absolute Gasteiger partial charge is 0.254 e. The van der Waals surface area contributed by atoms with E-state index < -0.39 is 0 Å². The van der Waals surface area contributed by atoms with Crippen molar-refractivity contribution in [1.29, 1.82) is 0 Å². The molecule has 2 aliphatic heterocycles. The van der Waals surface area contributed by atoms with E-state index in [1.165, 1.54) is 0 Å². The summed E-state index contributed by atoms with van der Waals surface area (Å²) in [5, 5.41) is 3.83. The predicted molar refractivity (Wildman–Crippen MR) is 69.5 cm³/mol. The van der Waals surface area contributed by atoms with Crippen LogP contribution in [-0.2, 0) is 4.79 Å². The van der Waals surface area contributed by atoms with Crippen molar-refractivity contribution in [1.82, 2.24) is 9.80 Å². The lowest BCUT2D eigenvalue weighted by atomic mass is 10.0. The Morgan fingerprint density at radius 2 is 1.78 bits per heavy atom. The lowest BCUT2D eigenvalue weighted by Crippen LogP contribution is -2.34. The maximum Gasteiger partial charge on any atom is 0.254 e. The van der Waals surface area contributed by atoms with Crippen molar-refractivity contribution >= 4 is 23.2 Å². The monoisotopic (exact) mass is 264 g/mol. The second-order valence-electron chi connectivity index (χ2n) is 5.17. The fraction of sp³-hybridized carbons (Fsp3) is 0.538. The Bertz CT molecular complexity index is 457. The highest BCUT2D eigenvalue weighted by atomic mass is 32.1. The van der Waals surface area contributed by atoms with Gasteiger partial charge in [0.25, 0.3) is 5.91 Å². The molecule has 0 aromatic carbocycles. The third-order valence-electron chi connectivity index (χ3n) is 3.99. The molecular formula is C13H16N2O2S. The first-order valence-corrected chi connectivity index (χ1v) is 7.16. The Kier molecular flexibility index (Phi) is 2.86. The Balaban J connectivity index is 1.65. The Labute approximate surface area is 110 Å². The summed E-state index contributed by atoms with van der Waals surface area (Å²) in [6, 6.07) is 1.88. The van der Waals surface area contributed by atoms with E-state index >= 15 is 0 Å². The number of nitrogens with zero attached hydrogens (tertiary/aromatic N) is 2. The molecule has 96 valence electrons. The SMILES string of the molecule is CC(=O)N1CC2CN(C(=O)c3ccsc3)CC2C1. The molecule has 0 bridgehead atoms. The number of carbonyl (C=O) groups excluding carboxylic acids is 2. The van der Waals surface area contributed by atoms with E-state index in [0.717, 1.165) is 31.7 Å². The van der Waals surface area contributed by atoms with Crippen molar-refractivity contribution in [2.24, 2.45) is 11.8 Å². The maximum absolute atomic E-state index is 12.2. The second kappa shape index (κ2) is 4.39. The average Bonchev–Trinajstić information content (AvgIpc) is 3.03. The van der Waals surface area contributed by atoms with E-state index in [-0.39, 0.29) is 11.8 Å². The first kappa shape index (κ1) is 11.7. The van der Waals surface area contributed by atoms with Crippen LogP contribution in [0.5, 0.6) is 0 Å². The Hall–Kier alpha value is -1.36. The molecule has 5 heteroatoms. The summed E-state index contributed by atoms with van der Waals surface area (Å²) in [7, 11) is 0. The molecule has 2 atom stereocenters. The summed E-state index contributed by atoms with van der Waals surface area (Å²) in [6.07, 6.45) is 0. The number of carbonyl (C=O) groups is 2. The Morgan fingerprint density at radius 3 is 2.28 bits per heavy atom. The number of likely N-dealkylation sites (tertiary alicyclic amines) is 2. The number of hydrogen-bond acceptors (Lipinski definition) is 3. The largest absolute Gasteiger partial charge is 0.342 e. The lowest BCUT2D eigenvalue weighted by Gasteiger charge is -2.20. The molecule has 0 aliphatic carbocycles. The van der Waals surface area contributed by atoms with E-state index in [0.29, 0.717) is 11.8 Å². The molecule has 0 N–H and O–H groups in total.